The van der Waals surface area contributed by atoms with Gasteiger partial charge in [-0.05, 0) is 44.1 Å². The maximum absolute atomic E-state index is 12.1. The van der Waals surface area contributed by atoms with Crippen molar-refractivity contribution in [3.05, 3.63) is 0 Å². The number of amides is 1. The molecule has 2 N–H and O–H groups in total. The summed E-state index contributed by atoms with van der Waals surface area (Å²) in [6, 6.07) is 0. The molecule has 2 heterocycles. The molecule has 0 radical (unpaired) electrons. The van der Waals surface area contributed by atoms with Crippen LogP contribution in [0.2, 0.25) is 0 Å². The lowest BCUT2D eigenvalue weighted by molar-refractivity contribution is -0.131. The lowest BCUT2D eigenvalue weighted by Crippen LogP contribution is -2.35. The highest BCUT2D eigenvalue weighted by Gasteiger charge is 2.34. The van der Waals surface area contributed by atoms with Crippen molar-refractivity contribution in [3.8, 4) is 0 Å². The first kappa shape index (κ1) is 16.7. The number of hydrogen-bond donors (Lipinski definition) is 1. The van der Waals surface area contributed by atoms with Gasteiger partial charge in [0.05, 0.1) is 6.10 Å². The van der Waals surface area contributed by atoms with Crippen molar-refractivity contribution in [1.29, 1.82) is 0 Å². The zero-order valence-corrected chi connectivity index (χ0v) is 12.7. The van der Waals surface area contributed by atoms with E-state index >= 15 is 0 Å². The fraction of sp³-hybridized carbons (Fsp3) is 0.929. The SMILES string of the molecule is CC1(CN)CCN(C(=O)CCC2CCCCO2)C1.Cl. The van der Waals surface area contributed by atoms with E-state index in [2.05, 4.69) is 6.92 Å². The second-order valence-corrected chi connectivity index (χ2v) is 6.11. The highest BCUT2D eigenvalue weighted by Crippen LogP contribution is 2.29. The molecular weight excluding hydrogens is 264 g/mol. The topological polar surface area (TPSA) is 55.6 Å². The number of halogens is 1. The Morgan fingerprint density at radius 3 is 2.84 bits per heavy atom. The first-order valence-electron chi connectivity index (χ1n) is 7.22. The third-order valence-electron chi connectivity index (χ3n) is 4.36. The summed E-state index contributed by atoms with van der Waals surface area (Å²) >= 11 is 0. The van der Waals surface area contributed by atoms with E-state index in [1.165, 1.54) is 12.8 Å². The van der Waals surface area contributed by atoms with Crippen LogP contribution in [0, 0.1) is 5.41 Å². The van der Waals surface area contributed by atoms with Crippen molar-refractivity contribution in [1.82, 2.24) is 4.90 Å². The first-order valence-corrected chi connectivity index (χ1v) is 7.22. The Morgan fingerprint density at radius 2 is 2.26 bits per heavy atom. The predicted molar refractivity (Wildman–Crippen MR) is 78.4 cm³/mol. The van der Waals surface area contributed by atoms with Crippen LogP contribution in [0.25, 0.3) is 0 Å². The number of carbonyl (C=O) groups excluding carboxylic acids is 1. The fourth-order valence-electron chi connectivity index (χ4n) is 2.88. The minimum atomic E-state index is 0. The molecule has 0 bridgehead atoms. The molecule has 2 saturated heterocycles. The summed E-state index contributed by atoms with van der Waals surface area (Å²) < 4.78 is 5.66. The van der Waals surface area contributed by atoms with Crippen LogP contribution in [0.3, 0.4) is 0 Å². The molecule has 112 valence electrons. The summed E-state index contributed by atoms with van der Waals surface area (Å²) in [5.74, 6) is 0.279. The van der Waals surface area contributed by atoms with Crippen LogP contribution in [-0.4, -0.2) is 43.2 Å². The molecule has 2 aliphatic heterocycles. The number of ether oxygens (including phenoxy) is 1. The number of carbonyl (C=O) groups is 1. The third kappa shape index (κ3) is 4.62. The van der Waals surface area contributed by atoms with Gasteiger partial charge in [0.1, 0.15) is 0 Å². The Bertz CT molecular complexity index is 295. The van der Waals surface area contributed by atoms with Crippen LogP contribution in [0.15, 0.2) is 0 Å². The minimum absolute atomic E-state index is 0. The number of likely N-dealkylation sites (tertiary alicyclic amines) is 1. The maximum atomic E-state index is 12.1. The third-order valence-corrected chi connectivity index (χ3v) is 4.36. The van der Waals surface area contributed by atoms with Gasteiger partial charge in [-0.3, -0.25) is 4.79 Å². The molecule has 4 nitrogen and oxygen atoms in total. The van der Waals surface area contributed by atoms with E-state index in [1.807, 2.05) is 4.90 Å². The average molecular weight is 291 g/mol. The Morgan fingerprint density at radius 1 is 1.47 bits per heavy atom. The van der Waals surface area contributed by atoms with Crippen molar-refractivity contribution >= 4 is 18.3 Å². The smallest absolute Gasteiger partial charge is 0.222 e. The summed E-state index contributed by atoms with van der Waals surface area (Å²) in [4.78, 5) is 14.1. The van der Waals surface area contributed by atoms with Crippen molar-refractivity contribution in [2.45, 2.75) is 51.6 Å². The molecular formula is C14H27ClN2O2. The van der Waals surface area contributed by atoms with E-state index in [9.17, 15) is 4.79 Å². The van der Waals surface area contributed by atoms with Crippen LogP contribution < -0.4 is 5.73 Å². The van der Waals surface area contributed by atoms with E-state index < -0.39 is 0 Å². The molecule has 0 aromatic carbocycles. The first-order chi connectivity index (χ1) is 8.63. The largest absolute Gasteiger partial charge is 0.378 e. The van der Waals surface area contributed by atoms with Gasteiger partial charge in [0.15, 0.2) is 0 Å². The van der Waals surface area contributed by atoms with E-state index in [0.29, 0.717) is 19.1 Å². The lowest BCUT2D eigenvalue weighted by Gasteiger charge is -2.25. The Kier molecular flexibility index (Phi) is 6.57. The fourth-order valence-corrected chi connectivity index (χ4v) is 2.88. The molecule has 2 fully saturated rings. The van der Waals surface area contributed by atoms with Crippen molar-refractivity contribution in [2.24, 2.45) is 11.1 Å². The van der Waals surface area contributed by atoms with E-state index in [0.717, 1.165) is 39.0 Å². The van der Waals surface area contributed by atoms with Gasteiger partial charge in [0.25, 0.3) is 0 Å². The summed E-state index contributed by atoms with van der Waals surface area (Å²) in [5, 5.41) is 0. The van der Waals surface area contributed by atoms with Crippen LogP contribution in [0.1, 0.15) is 45.4 Å². The summed E-state index contributed by atoms with van der Waals surface area (Å²) in [6.07, 6.45) is 6.40. The van der Waals surface area contributed by atoms with Crippen molar-refractivity contribution in [2.75, 3.05) is 26.2 Å². The van der Waals surface area contributed by atoms with Gasteiger partial charge >= 0.3 is 0 Å². The summed E-state index contributed by atoms with van der Waals surface area (Å²) in [5.41, 5.74) is 5.90. The van der Waals surface area contributed by atoms with Gasteiger partial charge < -0.3 is 15.4 Å². The second-order valence-electron chi connectivity index (χ2n) is 6.11. The monoisotopic (exact) mass is 290 g/mol. The van der Waals surface area contributed by atoms with Gasteiger partial charge in [0, 0.05) is 26.1 Å². The summed E-state index contributed by atoms with van der Waals surface area (Å²) in [7, 11) is 0. The zero-order valence-electron chi connectivity index (χ0n) is 11.9. The number of nitrogens with zero attached hydrogens (tertiary/aromatic N) is 1. The Labute approximate surface area is 122 Å². The van der Waals surface area contributed by atoms with Gasteiger partial charge in [-0.15, -0.1) is 12.4 Å². The van der Waals surface area contributed by atoms with Gasteiger partial charge in [-0.25, -0.2) is 0 Å². The molecule has 2 rings (SSSR count). The average Bonchev–Trinajstić information content (AvgIpc) is 2.81. The van der Waals surface area contributed by atoms with E-state index in [1.54, 1.807) is 0 Å². The minimum Gasteiger partial charge on any atom is -0.378 e. The van der Waals surface area contributed by atoms with Crippen LogP contribution in [-0.2, 0) is 9.53 Å². The molecule has 2 unspecified atom stereocenters. The molecule has 19 heavy (non-hydrogen) atoms. The Balaban J connectivity index is 0.00000180. The lowest BCUT2D eigenvalue weighted by atomic mass is 9.90. The molecule has 0 aromatic heterocycles. The molecule has 2 aliphatic rings. The molecule has 0 aliphatic carbocycles. The Hall–Kier alpha value is -0.320. The number of rotatable bonds is 4. The van der Waals surface area contributed by atoms with E-state index in [-0.39, 0.29) is 23.7 Å². The van der Waals surface area contributed by atoms with Gasteiger partial charge in [0.2, 0.25) is 5.91 Å². The van der Waals surface area contributed by atoms with Crippen molar-refractivity contribution < 1.29 is 9.53 Å². The normalized spacial score (nSPS) is 31.1. The highest BCUT2D eigenvalue weighted by atomic mass is 35.5. The predicted octanol–water partition coefficient (Wildman–Crippen LogP) is 1.95. The van der Waals surface area contributed by atoms with Crippen LogP contribution in [0.4, 0.5) is 0 Å². The molecule has 0 saturated carbocycles. The molecule has 0 aromatic rings. The molecule has 5 heteroatoms. The van der Waals surface area contributed by atoms with Gasteiger partial charge in [-0.2, -0.15) is 0 Å². The molecule has 1 amide bonds. The standard InChI is InChI=1S/C14H26N2O2.ClH/c1-14(10-15)7-8-16(11-14)13(17)6-5-12-4-2-3-9-18-12;/h12H,2-11,15H2,1H3;1H. The number of nitrogens with two attached hydrogens (primary N) is 1. The molecule has 2 atom stereocenters. The quantitative estimate of drug-likeness (QED) is 0.861. The van der Waals surface area contributed by atoms with E-state index in [4.69, 9.17) is 10.5 Å². The zero-order chi connectivity index (χ0) is 13.0. The van der Waals surface area contributed by atoms with Crippen LogP contribution in [0.5, 0.6) is 0 Å². The molecule has 0 spiro atoms. The van der Waals surface area contributed by atoms with Gasteiger partial charge in [-0.1, -0.05) is 6.92 Å². The second kappa shape index (κ2) is 7.46. The highest BCUT2D eigenvalue weighted by molar-refractivity contribution is 5.85. The summed E-state index contributed by atoms with van der Waals surface area (Å²) in [6.45, 7) is 5.41. The van der Waals surface area contributed by atoms with Crippen LogP contribution >= 0.6 is 12.4 Å². The number of hydrogen-bond acceptors (Lipinski definition) is 3. The maximum Gasteiger partial charge on any atom is 0.222 e. The van der Waals surface area contributed by atoms with Crippen molar-refractivity contribution in [3.63, 3.8) is 0 Å².